The topological polar surface area (TPSA) is 220 Å². The SMILES string of the molecule is CC[C@H]1OC(=O)[C@H](C)C([C@H]2C[C@@](C)(OC)[C@@H](N)[C@H](C)O2)[C@H](C)[C@@H](O[C@@H]2O[C@H](C)C[C@H](N(C)CCc3cn(CCCCc4ccc(-c5cccnc5)cc4)nn3)[C@H]2O)[C@](C)(O)C[C@@H](C)CN(C)[C@H](C)[C@@H](O)[C@]1(C)O. The number of carbonyl (C=O) groups is 1. The summed E-state index contributed by atoms with van der Waals surface area (Å²) in [6.07, 6.45) is 3.65. The summed E-state index contributed by atoms with van der Waals surface area (Å²) < 4.78 is 34.5. The van der Waals surface area contributed by atoms with E-state index in [1.165, 1.54) is 12.5 Å². The normalized spacial score (nSPS) is 38.7. The number of carbonyl (C=O) groups excluding carboxylic acids is 1. The third-order valence-corrected chi connectivity index (χ3v) is 17.0. The van der Waals surface area contributed by atoms with Gasteiger partial charge in [0.15, 0.2) is 6.29 Å². The highest BCUT2D eigenvalue weighted by Crippen LogP contribution is 2.45. The molecule has 0 bridgehead atoms. The van der Waals surface area contributed by atoms with Crippen molar-refractivity contribution in [2.24, 2.45) is 29.4 Å². The number of benzene rings is 1. The van der Waals surface area contributed by atoms with Crippen LogP contribution in [0.4, 0.5) is 0 Å². The van der Waals surface area contributed by atoms with Crippen molar-refractivity contribution in [2.45, 2.75) is 211 Å². The standard InChI is InChI=1S/C56H91N7O10/c1-14-46-56(10,68)50(65)38(6)62(12)32-34(2)29-54(8,67)51(36(4)47(37(5)52(66)72-46)45-30-55(9,69-13)49(57)39(7)71-45)73-53-48(64)44(28-35(3)70-53)61(11)27-24-43-33-63(60-59-43)26-16-15-18-40-20-22-41(23-21-40)42-19-17-25-58-31-42/h17,19-23,25,31,33-39,44-51,53,64-65,67-68H,14-16,18,24,26-30,32,57H2,1-13H3/t34-,35-,36+,37-,38-,39+,44+,45-,46-,47?,48-,49+,50-,51-,53+,54-,55-,56-/m1/s1. The highest BCUT2D eigenvalue weighted by atomic mass is 16.7. The molecule has 0 amide bonds. The van der Waals surface area contributed by atoms with Crippen molar-refractivity contribution in [3.05, 3.63) is 66.2 Å². The molecule has 73 heavy (non-hydrogen) atoms. The average Bonchev–Trinajstić information content (AvgIpc) is 3.82. The Morgan fingerprint density at radius 3 is 2.33 bits per heavy atom. The molecule has 0 saturated carbocycles. The van der Waals surface area contributed by atoms with E-state index in [1.54, 1.807) is 27.2 Å². The van der Waals surface area contributed by atoms with Crippen molar-refractivity contribution in [1.29, 1.82) is 0 Å². The zero-order valence-corrected chi connectivity index (χ0v) is 46.1. The molecule has 17 heteroatoms. The molecule has 5 heterocycles. The number of methoxy groups -OCH3 is 1. The van der Waals surface area contributed by atoms with Crippen molar-refractivity contribution in [3.63, 3.8) is 0 Å². The minimum Gasteiger partial charge on any atom is -0.459 e. The Balaban J connectivity index is 1.19. The number of unbranched alkanes of at least 4 members (excludes halogenated alkanes) is 1. The van der Waals surface area contributed by atoms with Gasteiger partial charge in [0, 0.05) is 76.2 Å². The minimum absolute atomic E-state index is 0.144. The molecule has 6 rings (SSSR count). The summed E-state index contributed by atoms with van der Waals surface area (Å²) in [5.41, 5.74) is 6.97. The van der Waals surface area contributed by atoms with Gasteiger partial charge >= 0.3 is 5.97 Å². The third kappa shape index (κ3) is 14.1. The molecule has 410 valence electrons. The predicted molar refractivity (Wildman–Crippen MR) is 280 cm³/mol. The summed E-state index contributed by atoms with van der Waals surface area (Å²) in [4.78, 5) is 23.0. The van der Waals surface area contributed by atoms with Crippen molar-refractivity contribution in [1.82, 2.24) is 29.8 Å². The molecule has 2 aromatic heterocycles. The van der Waals surface area contributed by atoms with Crippen LogP contribution in [0.2, 0.25) is 0 Å². The first kappa shape index (κ1) is 58.8. The number of esters is 1. The first-order chi connectivity index (χ1) is 34.4. The van der Waals surface area contributed by atoms with Crippen LogP contribution in [0.5, 0.6) is 0 Å². The number of aryl methyl sites for hydroxylation is 2. The number of pyridine rings is 1. The van der Waals surface area contributed by atoms with Gasteiger partial charge in [-0.05, 0) is 129 Å². The largest absolute Gasteiger partial charge is 0.459 e. The maximum atomic E-state index is 14.7. The van der Waals surface area contributed by atoms with Crippen LogP contribution < -0.4 is 5.73 Å². The van der Waals surface area contributed by atoms with Crippen molar-refractivity contribution in [3.8, 4) is 11.1 Å². The van der Waals surface area contributed by atoms with E-state index in [1.807, 2.05) is 90.6 Å². The number of nitrogens with zero attached hydrogens (tertiary/aromatic N) is 6. The fourth-order valence-corrected chi connectivity index (χ4v) is 12.3. The molecule has 1 unspecified atom stereocenters. The highest BCUT2D eigenvalue weighted by Gasteiger charge is 2.55. The van der Waals surface area contributed by atoms with Gasteiger partial charge in [-0.15, -0.1) is 5.10 Å². The number of aromatic nitrogens is 4. The number of likely N-dealkylation sites (N-methyl/N-ethyl adjacent to an activating group) is 2. The van der Waals surface area contributed by atoms with Gasteiger partial charge in [-0.25, -0.2) is 0 Å². The van der Waals surface area contributed by atoms with E-state index in [9.17, 15) is 25.2 Å². The van der Waals surface area contributed by atoms with E-state index < -0.39 is 95.5 Å². The minimum atomic E-state index is -1.79. The molecule has 18 atom stereocenters. The first-order valence-electron chi connectivity index (χ1n) is 27.0. The zero-order chi connectivity index (χ0) is 53.6. The lowest BCUT2D eigenvalue weighted by atomic mass is 9.68. The highest BCUT2D eigenvalue weighted by molar-refractivity contribution is 5.73. The number of aliphatic hydroxyl groups is 4. The number of hydrogen-bond donors (Lipinski definition) is 5. The van der Waals surface area contributed by atoms with E-state index in [0.29, 0.717) is 32.4 Å². The smallest absolute Gasteiger partial charge is 0.309 e. The predicted octanol–water partition coefficient (Wildman–Crippen LogP) is 5.43. The van der Waals surface area contributed by atoms with E-state index in [2.05, 4.69) is 50.5 Å². The van der Waals surface area contributed by atoms with Crippen LogP contribution in [-0.4, -0.2) is 174 Å². The molecular weight excluding hydrogens is 931 g/mol. The first-order valence-corrected chi connectivity index (χ1v) is 27.0. The van der Waals surface area contributed by atoms with Gasteiger partial charge in [-0.1, -0.05) is 63.2 Å². The summed E-state index contributed by atoms with van der Waals surface area (Å²) >= 11 is 0. The number of cyclic esters (lactones) is 1. The number of nitrogens with two attached hydrogens (primary N) is 1. The summed E-state index contributed by atoms with van der Waals surface area (Å²) in [5.74, 6) is -2.89. The van der Waals surface area contributed by atoms with Gasteiger partial charge in [0.1, 0.15) is 23.9 Å². The molecular formula is C56H91N7O10. The Kier molecular flexibility index (Phi) is 20.2. The molecule has 3 aliphatic heterocycles. The fraction of sp³-hybridized carbons (Fsp3) is 0.750. The van der Waals surface area contributed by atoms with Crippen LogP contribution in [0, 0.1) is 23.7 Å². The van der Waals surface area contributed by atoms with Crippen LogP contribution in [0.1, 0.15) is 119 Å². The molecule has 1 aromatic carbocycles. The fourth-order valence-electron chi connectivity index (χ4n) is 12.3. The van der Waals surface area contributed by atoms with E-state index in [-0.39, 0.29) is 30.9 Å². The number of rotatable bonds is 15. The van der Waals surface area contributed by atoms with Crippen molar-refractivity contribution in [2.75, 3.05) is 34.3 Å². The Labute approximate surface area is 435 Å². The molecule has 3 saturated heterocycles. The maximum Gasteiger partial charge on any atom is 0.309 e. The van der Waals surface area contributed by atoms with Crippen molar-refractivity contribution < 1.29 is 48.9 Å². The second-order valence-electron chi connectivity index (χ2n) is 23.0. The van der Waals surface area contributed by atoms with Crippen LogP contribution in [-0.2, 0) is 47.9 Å². The van der Waals surface area contributed by atoms with E-state index in [0.717, 1.165) is 42.6 Å². The molecule has 0 spiro atoms. The van der Waals surface area contributed by atoms with Crippen molar-refractivity contribution >= 4 is 5.97 Å². The second kappa shape index (κ2) is 25.1. The van der Waals surface area contributed by atoms with Gasteiger partial charge < -0.3 is 59.6 Å². The van der Waals surface area contributed by atoms with Crippen LogP contribution in [0.25, 0.3) is 11.1 Å². The molecule has 0 aliphatic carbocycles. The van der Waals surface area contributed by atoms with Gasteiger partial charge in [0.2, 0.25) is 0 Å². The third-order valence-electron chi connectivity index (χ3n) is 17.0. The lowest BCUT2D eigenvalue weighted by Gasteiger charge is -2.52. The van der Waals surface area contributed by atoms with Gasteiger partial charge in [-0.3, -0.25) is 14.5 Å². The molecule has 6 N–H and O–H groups in total. The van der Waals surface area contributed by atoms with Crippen LogP contribution >= 0.6 is 0 Å². The van der Waals surface area contributed by atoms with Crippen LogP contribution in [0.3, 0.4) is 0 Å². The number of aliphatic hydroxyl groups excluding tert-OH is 2. The van der Waals surface area contributed by atoms with E-state index >= 15 is 0 Å². The average molecular weight is 1020 g/mol. The molecule has 0 radical (unpaired) electrons. The number of ether oxygens (including phenoxy) is 5. The number of hydrogen-bond acceptors (Lipinski definition) is 16. The van der Waals surface area contributed by atoms with E-state index in [4.69, 9.17) is 29.4 Å². The second-order valence-corrected chi connectivity index (χ2v) is 23.0. The van der Waals surface area contributed by atoms with Crippen LogP contribution in [0.15, 0.2) is 55.0 Å². The summed E-state index contributed by atoms with van der Waals surface area (Å²) in [6, 6.07) is 11.3. The molecule has 17 nitrogen and oxygen atoms in total. The Bertz CT molecular complexity index is 2170. The summed E-state index contributed by atoms with van der Waals surface area (Å²) in [7, 11) is 5.48. The summed E-state index contributed by atoms with van der Waals surface area (Å²) in [5, 5.41) is 57.8. The monoisotopic (exact) mass is 1020 g/mol. The maximum absolute atomic E-state index is 14.7. The lowest BCUT2D eigenvalue weighted by molar-refractivity contribution is -0.301. The molecule has 3 aromatic rings. The molecule has 3 fully saturated rings. The summed E-state index contributed by atoms with van der Waals surface area (Å²) in [6.45, 7) is 20.3. The Morgan fingerprint density at radius 2 is 1.67 bits per heavy atom. The quantitative estimate of drug-likeness (QED) is 0.0947. The molecule has 3 aliphatic rings. The Hall–Kier alpha value is -3.46. The van der Waals surface area contributed by atoms with Gasteiger partial charge in [-0.2, -0.15) is 0 Å². The lowest BCUT2D eigenvalue weighted by Crippen LogP contribution is -2.63. The van der Waals surface area contributed by atoms with Gasteiger partial charge in [0.05, 0.1) is 53.3 Å². The Morgan fingerprint density at radius 1 is 0.959 bits per heavy atom. The zero-order valence-electron chi connectivity index (χ0n) is 46.1. The van der Waals surface area contributed by atoms with Gasteiger partial charge in [0.25, 0.3) is 0 Å².